The van der Waals surface area contributed by atoms with Crippen LogP contribution in [0.3, 0.4) is 0 Å². The van der Waals surface area contributed by atoms with E-state index >= 15 is 4.39 Å². The Balaban J connectivity index is 0.977. The molecule has 0 spiro atoms. The van der Waals surface area contributed by atoms with Gasteiger partial charge in [-0.1, -0.05) is 0 Å². The number of thiol groups is 1. The lowest BCUT2D eigenvalue weighted by atomic mass is 10.00. The van der Waals surface area contributed by atoms with Crippen molar-refractivity contribution in [3.05, 3.63) is 41.7 Å². The van der Waals surface area contributed by atoms with Crippen molar-refractivity contribution >= 4 is 77.1 Å². The van der Waals surface area contributed by atoms with E-state index in [1.807, 2.05) is 0 Å². The predicted molar refractivity (Wildman–Crippen MR) is 167 cm³/mol. The van der Waals surface area contributed by atoms with Gasteiger partial charge in [-0.05, 0) is 12.9 Å². The minimum atomic E-state index is -1.61. The number of anilines is 1. The van der Waals surface area contributed by atoms with E-state index in [-0.39, 0.29) is 41.3 Å². The molecule has 2 unspecified atom stereocenters. The lowest BCUT2D eigenvalue weighted by Gasteiger charge is -2.21. The predicted octanol–water partition coefficient (Wildman–Crippen LogP) is 1.20. The van der Waals surface area contributed by atoms with E-state index in [4.69, 9.17) is 28.2 Å². The molecule has 22 heteroatoms. The van der Waals surface area contributed by atoms with Crippen LogP contribution in [-0.2, 0) is 22.5 Å². The zero-order valence-electron chi connectivity index (χ0n) is 23.0. The summed E-state index contributed by atoms with van der Waals surface area (Å²) in [6, 6.07) is 0. The van der Waals surface area contributed by atoms with Crippen LogP contribution >= 0.6 is 43.2 Å². The zero-order valence-corrected chi connectivity index (χ0v) is 26.9. The van der Waals surface area contributed by atoms with Gasteiger partial charge in [-0.15, -0.1) is 11.8 Å². The number of hydrogen-bond donors (Lipinski definition) is 4. The number of halogens is 1. The number of fused-ring (bicyclic) bond motifs is 3. The molecule has 5 aromatic rings. The van der Waals surface area contributed by atoms with Crippen molar-refractivity contribution in [3.8, 4) is 0 Å². The standard InChI is InChI=1S/C23H27FN10O7P2S2/c24-12-10(40-21(16(12)41-44)33-7-30-14-19(33)31-23-26-1-2-32(23)20(14)36)4-39-43-38-3-9-11(5-37-42)45-22(15(9)35)34-8-29-13-17(25)27-6-28-18(13)34/h1-2,6-12,15-16,21-22,35,43-44H,3-5,42H2,(H,26,31)(H2,25,27,28)/t9-,10-,11-,12-,15-,16-,21-,22-/m1/s1. The minimum absolute atomic E-state index is 0.119. The van der Waals surface area contributed by atoms with Crippen LogP contribution in [0.1, 0.15) is 11.6 Å². The number of aromatic amines is 1. The molecule has 0 radical (unpaired) electrons. The smallest absolute Gasteiger partial charge is 0.287 e. The molecule has 0 bridgehead atoms. The van der Waals surface area contributed by atoms with Crippen molar-refractivity contribution in [2.75, 3.05) is 25.6 Å². The van der Waals surface area contributed by atoms with Crippen LogP contribution in [0.5, 0.6) is 0 Å². The molecule has 240 valence electrons. The van der Waals surface area contributed by atoms with E-state index in [0.717, 1.165) is 0 Å². The third kappa shape index (κ3) is 5.50. The van der Waals surface area contributed by atoms with E-state index in [1.54, 1.807) is 10.9 Å². The van der Waals surface area contributed by atoms with Crippen molar-refractivity contribution in [2.45, 2.75) is 41.3 Å². The molecule has 4 N–H and O–H groups in total. The number of hydrogen-bond acceptors (Lipinski definition) is 15. The van der Waals surface area contributed by atoms with Gasteiger partial charge in [-0.2, -0.15) is 0 Å². The number of ether oxygens (including phenoxy) is 1. The third-order valence-electron chi connectivity index (χ3n) is 7.83. The van der Waals surface area contributed by atoms with Crippen molar-refractivity contribution in [1.29, 1.82) is 0 Å². The number of nitrogens with two attached hydrogens (primary N) is 1. The second kappa shape index (κ2) is 12.9. The van der Waals surface area contributed by atoms with Gasteiger partial charge in [0, 0.05) is 33.0 Å². The molecule has 2 saturated heterocycles. The lowest BCUT2D eigenvalue weighted by Crippen LogP contribution is -2.31. The molecule has 0 aromatic carbocycles. The molecule has 2 aliphatic rings. The Hall–Kier alpha value is -2.51. The summed E-state index contributed by atoms with van der Waals surface area (Å²) in [5.41, 5.74) is 6.94. The summed E-state index contributed by atoms with van der Waals surface area (Å²) in [6.07, 6.45) is 1.70. The van der Waals surface area contributed by atoms with Gasteiger partial charge >= 0.3 is 0 Å². The number of aliphatic hydroxyl groups excluding tert-OH is 1. The second-order valence-electron chi connectivity index (χ2n) is 10.3. The summed E-state index contributed by atoms with van der Waals surface area (Å²) in [5, 5.41) is 10.7. The second-order valence-corrected chi connectivity index (χ2v) is 13.0. The first-order valence-electron chi connectivity index (χ1n) is 13.5. The maximum atomic E-state index is 15.4. The lowest BCUT2D eigenvalue weighted by molar-refractivity contribution is -0.0394. The fraction of sp³-hybridized carbons (Fsp3) is 0.478. The Bertz CT molecular complexity index is 1880. The van der Waals surface area contributed by atoms with Crippen LogP contribution in [0.4, 0.5) is 10.2 Å². The number of aliphatic hydroxyl groups is 1. The normalized spacial score (nSPS) is 29.0. The Kier molecular flexibility index (Phi) is 8.95. The van der Waals surface area contributed by atoms with Gasteiger partial charge < -0.3 is 38.3 Å². The van der Waals surface area contributed by atoms with E-state index in [2.05, 4.69) is 52.3 Å². The molecular weight excluding hydrogens is 673 g/mol. The maximum Gasteiger partial charge on any atom is 0.287 e. The van der Waals surface area contributed by atoms with Crippen molar-refractivity contribution in [1.82, 2.24) is 43.4 Å². The van der Waals surface area contributed by atoms with Crippen LogP contribution in [0.25, 0.3) is 28.1 Å². The van der Waals surface area contributed by atoms with E-state index in [9.17, 15) is 9.90 Å². The maximum absolute atomic E-state index is 15.4. The first kappa shape index (κ1) is 31.1. The van der Waals surface area contributed by atoms with Crippen molar-refractivity contribution < 1.29 is 32.0 Å². The highest BCUT2D eigenvalue weighted by Crippen LogP contribution is 2.47. The highest BCUT2D eigenvalue weighted by Gasteiger charge is 2.48. The monoisotopic (exact) mass is 700 g/mol. The molecule has 0 aliphatic carbocycles. The number of imidazole rings is 3. The van der Waals surface area contributed by atoms with Gasteiger partial charge in [-0.25, -0.2) is 33.7 Å². The Morgan fingerprint density at radius 2 is 1.96 bits per heavy atom. The first-order chi connectivity index (χ1) is 21.9. The number of aromatic nitrogens is 9. The molecule has 45 heavy (non-hydrogen) atoms. The molecule has 0 saturated carbocycles. The number of nitrogens with zero attached hydrogens (tertiary/aromatic N) is 8. The number of rotatable bonds is 11. The van der Waals surface area contributed by atoms with E-state index < -0.39 is 45.1 Å². The van der Waals surface area contributed by atoms with Gasteiger partial charge in [0.05, 0.1) is 38.6 Å². The summed E-state index contributed by atoms with van der Waals surface area (Å²) < 4.78 is 47.9. The van der Waals surface area contributed by atoms with Crippen LogP contribution in [-0.4, -0.2) is 98.1 Å². The number of nitrogens with one attached hydrogen (secondary N) is 1. The third-order valence-corrected chi connectivity index (χ3v) is 10.5. The van der Waals surface area contributed by atoms with Gasteiger partial charge in [0.15, 0.2) is 44.5 Å². The van der Waals surface area contributed by atoms with Crippen LogP contribution in [0.2, 0.25) is 0 Å². The van der Waals surface area contributed by atoms with Crippen LogP contribution < -0.4 is 11.3 Å². The van der Waals surface area contributed by atoms with Gasteiger partial charge in [0.1, 0.15) is 29.0 Å². The Morgan fingerprint density at radius 3 is 2.78 bits per heavy atom. The SMILES string of the molecule is Nc1ncnc2c1ncn2[C@@H]1S[C@H](COP)[C@@H](COPOC[C@H]2O[C@@H](n3cnc4c(=O)n5ccnc5[nH]c43)[C@H](OS)[C@@H]2F)[C@H]1O. The van der Waals surface area contributed by atoms with Gasteiger partial charge in [0.2, 0.25) is 5.78 Å². The summed E-state index contributed by atoms with van der Waals surface area (Å²) in [4.78, 5) is 36.7. The fourth-order valence-corrected chi connectivity index (χ4v) is 8.36. The quantitative estimate of drug-likeness (QED) is 0.0662. The summed E-state index contributed by atoms with van der Waals surface area (Å²) in [5.74, 6) is 0.226. The number of thioether (sulfide) groups is 1. The van der Waals surface area contributed by atoms with Gasteiger partial charge in [0.25, 0.3) is 5.56 Å². The largest absolute Gasteiger partial charge is 0.390 e. The molecule has 5 aromatic heterocycles. The highest BCUT2D eigenvalue weighted by molar-refractivity contribution is 8.00. The molecule has 7 heterocycles. The van der Waals surface area contributed by atoms with Crippen LogP contribution in [0.15, 0.2) is 36.2 Å². The van der Waals surface area contributed by atoms with Crippen molar-refractivity contribution in [3.63, 3.8) is 0 Å². The molecule has 2 aliphatic heterocycles. The fourth-order valence-electron chi connectivity index (χ4n) is 5.61. The van der Waals surface area contributed by atoms with E-state index in [0.29, 0.717) is 29.2 Å². The molecule has 17 nitrogen and oxygen atoms in total. The Labute approximate surface area is 266 Å². The molecule has 10 atom stereocenters. The first-order valence-corrected chi connectivity index (χ1v) is 16.1. The zero-order chi connectivity index (χ0) is 31.2. The van der Waals surface area contributed by atoms with Gasteiger partial charge in [-0.3, -0.25) is 13.9 Å². The average molecular weight is 701 g/mol. The molecule has 2 fully saturated rings. The topological polar surface area (TPSA) is 204 Å². The summed E-state index contributed by atoms with van der Waals surface area (Å²) in [6.45, 7) is 0.344. The minimum Gasteiger partial charge on any atom is -0.390 e. The molecule has 0 amide bonds. The summed E-state index contributed by atoms with van der Waals surface area (Å²) >= 11 is 5.38. The Morgan fingerprint density at radius 1 is 1.16 bits per heavy atom. The summed E-state index contributed by atoms with van der Waals surface area (Å²) in [7, 11) is 1.75. The van der Waals surface area contributed by atoms with Crippen LogP contribution in [0, 0.1) is 5.92 Å². The number of H-pyrrole nitrogens is 1. The van der Waals surface area contributed by atoms with E-state index in [1.165, 1.54) is 45.8 Å². The highest BCUT2D eigenvalue weighted by atomic mass is 32.2. The van der Waals surface area contributed by atoms with Crippen molar-refractivity contribution in [2.24, 2.45) is 5.92 Å². The molecular formula is C23H27FN10O7P2S2. The average Bonchev–Trinajstić information content (AvgIpc) is 3.86. The number of alkyl halides is 1. The molecule has 7 rings (SSSR count). The number of nitrogen functional groups attached to an aromatic ring is 1.